The first kappa shape index (κ1) is 13.7. The van der Waals surface area contributed by atoms with Crippen molar-refractivity contribution in [2.75, 3.05) is 0 Å². The molecule has 0 aromatic carbocycles. The molecule has 2 heterocycles. The number of aryl methyl sites for hydroxylation is 1. The molecule has 1 unspecified atom stereocenters. The smallest absolute Gasteiger partial charge is 0.310 e. The lowest BCUT2D eigenvalue weighted by Gasteiger charge is -2.08. The fraction of sp³-hybridized carbons (Fsp3) is 0.308. The van der Waals surface area contributed by atoms with Crippen molar-refractivity contribution in [2.24, 2.45) is 0 Å². The molecule has 0 spiro atoms. The van der Waals surface area contributed by atoms with Crippen molar-refractivity contribution >= 4 is 21.9 Å². The van der Waals surface area contributed by atoms with E-state index in [9.17, 15) is 4.79 Å². The fourth-order valence-electron chi connectivity index (χ4n) is 2.17. The van der Waals surface area contributed by atoms with Gasteiger partial charge < -0.3 is 5.11 Å². The summed E-state index contributed by atoms with van der Waals surface area (Å²) in [6, 6.07) is 1.89. The molecule has 0 amide bonds. The highest BCUT2D eigenvalue weighted by Crippen LogP contribution is 2.26. The number of carboxylic acid groups (broad SMARTS) is 1. The minimum Gasteiger partial charge on any atom is -0.481 e. The number of aromatic nitrogens is 3. The Kier molecular flexibility index (Phi) is 3.71. The molecule has 0 saturated heterocycles. The van der Waals surface area contributed by atoms with Crippen LogP contribution < -0.4 is 0 Å². The predicted molar refractivity (Wildman–Crippen MR) is 74.6 cm³/mol. The SMILES string of the molecule is Cc1nn(-c2cncc(Br)c2)c(C)c1C(C)C(=O)O. The van der Waals surface area contributed by atoms with E-state index in [1.54, 1.807) is 24.0 Å². The lowest BCUT2D eigenvalue weighted by Crippen LogP contribution is -2.09. The Morgan fingerprint density at radius 3 is 2.68 bits per heavy atom. The van der Waals surface area contributed by atoms with Crippen molar-refractivity contribution in [2.45, 2.75) is 26.7 Å². The quantitative estimate of drug-likeness (QED) is 0.943. The summed E-state index contributed by atoms with van der Waals surface area (Å²) in [5.41, 5.74) is 3.12. The highest BCUT2D eigenvalue weighted by atomic mass is 79.9. The van der Waals surface area contributed by atoms with Gasteiger partial charge >= 0.3 is 5.97 Å². The van der Waals surface area contributed by atoms with E-state index in [1.165, 1.54) is 0 Å². The van der Waals surface area contributed by atoms with Crippen LogP contribution in [0.15, 0.2) is 22.9 Å². The van der Waals surface area contributed by atoms with E-state index in [1.807, 2.05) is 19.9 Å². The Morgan fingerprint density at radius 1 is 1.42 bits per heavy atom. The molecule has 0 radical (unpaired) electrons. The van der Waals surface area contributed by atoms with Gasteiger partial charge in [0.25, 0.3) is 0 Å². The van der Waals surface area contributed by atoms with Crippen LogP contribution >= 0.6 is 15.9 Å². The second kappa shape index (κ2) is 5.13. The van der Waals surface area contributed by atoms with E-state index in [2.05, 4.69) is 26.0 Å². The molecule has 0 bridgehead atoms. The molecule has 2 aromatic heterocycles. The van der Waals surface area contributed by atoms with E-state index in [0.29, 0.717) is 0 Å². The minimum absolute atomic E-state index is 0.575. The monoisotopic (exact) mass is 323 g/mol. The molecule has 0 saturated carbocycles. The maximum Gasteiger partial charge on any atom is 0.310 e. The maximum atomic E-state index is 11.1. The van der Waals surface area contributed by atoms with Gasteiger partial charge in [0.15, 0.2) is 0 Å². The van der Waals surface area contributed by atoms with E-state index in [0.717, 1.165) is 27.1 Å². The summed E-state index contributed by atoms with van der Waals surface area (Å²) in [6.45, 7) is 5.36. The summed E-state index contributed by atoms with van der Waals surface area (Å²) < 4.78 is 2.58. The number of nitrogens with zero attached hydrogens (tertiary/aromatic N) is 3. The summed E-state index contributed by atoms with van der Waals surface area (Å²) in [4.78, 5) is 15.2. The van der Waals surface area contributed by atoms with Gasteiger partial charge in [-0.25, -0.2) is 4.68 Å². The second-order valence-electron chi connectivity index (χ2n) is 4.42. The molecule has 1 atom stereocenters. The van der Waals surface area contributed by atoms with E-state index in [4.69, 9.17) is 5.11 Å². The number of hydrogen-bond donors (Lipinski definition) is 1. The molecule has 0 aliphatic rings. The molecule has 19 heavy (non-hydrogen) atoms. The van der Waals surface area contributed by atoms with Crippen molar-refractivity contribution in [1.29, 1.82) is 0 Å². The Morgan fingerprint density at radius 2 is 2.11 bits per heavy atom. The van der Waals surface area contributed by atoms with Gasteiger partial charge in [-0.3, -0.25) is 9.78 Å². The predicted octanol–water partition coefficient (Wildman–Crippen LogP) is 2.83. The van der Waals surface area contributed by atoms with Gasteiger partial charge in [-0.05, 0) is 42.8 Å². The van der Waals surface area contributed by atoms with Gasteiger partial charge in [0.05, 0.1) is 23.5 Å². The van der Waals surface area contributed by atoms with Crippen LogP contribution in [0.2, 0.25) is 0 Å². The third-order valence-corrected chi connectivity index (χ3v) is 3.52. The van der Waals surface area contributed by atoms with Crippen molar-refractivity contribution in [3.8, 4) is 5.69 Å². The number of rotatable bonds is 3. The lowest BCUT2D eigenvalue weighted by molar-refractivity contribution is -0.138. The average Bonchev–Trinajstić information content (AvgIpc) is 2.64. The van der Waals surface area contributed by atoms with Crippen LogP contribution in [0.4, 0.5) is 0 Å². The summed E-state index contributed by atoms with van der Waals surface area (Å²) >= 11 is 3.36. The van der Waals surface area contributed by atoms with Gasteiger partial charge in [0.2, 0.25) is 0 Å². The van der Waals surface area contributed by atoms with E-state index >= 15 is 0 Å². The van der Waals surface area contributed by atoms with Crippen LogP contribution in [0.25, 0.3) is 5.69 Å². The first-order chi connectivity index (χ1) is 8.91. The molecule has 6 heteroatoms. The lowest BCUT2D eigenvalue weighted by atomic mass is 9.99. The molecule has 100 valence electrons. The summed E-state index contributed by atoms with van der Waals surface area (Å²) in [5.74, 6) is -1.42. The maximum absolute atomic E-state index is 11.1. The van der Waals surface area contributed by atoms with Gasteiger partial charge in [-0.1, -0.05) is 0 Å². The third kappa shape index (κ3) is 2.53. The largest absolute Gasteiger partial charge is 0.481 e. The van der Waals surface area contributed by atoms with Crippen LogP contribution in [-0.2, 0) is 4.79 Å². The topological polar surface area (TPSA) is 68.0 Å². The standard InChI is InChI=1S/C13H14BrN3O2/c1-7(13(18)19)12-8(2)16-17(9(12)3)11-4-10(14)5-15-6-11/h4-7H,1-3H3,(H,18,19). The zero-order valence-electron chi connectivity index (χ0n) is 10.9. The average molecular weight is 324 g/mol. The summed E-state index contributed by atoms with van der Waals surface area (Å²) in [7, 11) is 0. The van der Waals surface area contributed by atoms with E-state index < -0.39 is 11.9 Å². The first-order valence-corrected chi connectivity index (χ1v) is 6.61. The molecule has 0 aliphatic heterocycles. The normalized spacial score (nSPS) is 12.4. The van der Waals surface area contributed by atoms with Gasteiger partial charge in [0.1, 0.15) is 0 Å². The van der Waals surface area contributed by atoms with Crippen LogP contribution in [0.5, 0.6) is 0 Å². The van der Waals surface area contributed by atoms with Crippen LogP contribution in [0.3, 0.4) is 0 Å². The highest BCUT2D eigenvalue weighted by molar-refractivity contribution is 9.10. The number of pyridine rings is 1. The Bertz CT molecular complexity index is 637. The molecule has 2 aromatic rings. The molecular weight excluding hydrogens is 310 g/mol. The molecule has 1 N–H and O–H groups in total. The van der Waals surface area contributed by atoms with Gasteiger partial charge in [0, 0.05) is 21.9 Å². The zero-order chi connectivity index (χ0) is 14.2. The van der Waals surface area contributed by atoms with Crippen molar-refractivity contribution in [3.63, 3.8) is 0 Å². The van der Waals surface area contributed by atoms with Gasteiger partial charge in [-0.2, -0.15) is 5.10 Å². The van der Waals surface area contributed by atoms with Crippen LogP contribution in [0, 0.1) is 13.8 Å². The van der Waals surface area contributed by atoms with Crippen molar-refractivity contribution < 1.29 is 9.90 Å². The Labute approximate surface area is 119 Å². The number of halogens is 1. The summed E-state index contributed by atoms with van der Waals surface area (Å²) in [5, 5.41) is 13.6. The fourth-order valence-corrected chi connectivity index (χ4v) is 2.53. The molecule has 0 fully saturated rings. The van der Waals surface area contributed by atoms with Crippen LogP contribution in [0.1, 0.15) is 29.8 Å². The molecule has 2 rings (SSSR count). The molecule has 0 aliphatic carbocycles. The van der Waals surface area contributed by atoms with E-state index in [-0.39, 0.29) is 0 Å². The third-order valence-electron chi connectivity index (χ3n) is 3.09. The number of hydrogen-bond acceptors (Lipinski definition) is 3. The first-order valence-electron chi connectivity index (χ1n) is 5.81. The van der Waals surface area contributed by atoms with Gasteiger partial charge in [-0.15, -0.1) is 0 Å². The van der Waals surface area contributed by atoms with Crippen molar-refractivity contribution in [1.82, 2.24) is 14.8 Å². The number of aliphatic carboxylic acids is 1. The number of carbonyl (C=O) groups is 1. The second-order valence-corrected chi connectivity index (χ2v) is 5.33. The molecule has 5 nitrogen and oxygen atoms in total. The Hall–Kier alpha value is -1.69. The number of carboxylic acids is 1. The summed E-state index contributed by atoms with van der Waals surface area (Å²) in [6.07, 6.45) is 3.38. The van der Waals surface area contributed by atoms with Crippen LogP contribution in [-0.4, -0.2) is 25.8 Å². The molecular formula is C13H14BrN3O2. The minimum atomic E-state index is -0.849. The highest BCUT2D eigenvalue weighted by Gasteiger charge is 2.23. The Balaban J connectivity index is 2.56. The zero-order valence-corrected chi connectivity index (χ0v) is 12.5. The van der Waals surface area contributed by atoms with Crippen molar-refractivity contribution in [3.05, 3.63) is 39.9 Å².